The average molecular weight is 762 g/mol. The van der Waals surface area contributed by atoms with Gasteiger partial charge in [-0.2, -0.15) is 0 Å². The predicted octanol–water partition coefficient (Wildman–Crippen LogP) is 12.4. The number of carbonyl (C=O) groups is 4. The molecule has 1 atom stereocenters. The monoisotopic (exact) mass is 762 g/mol. The maximum Gasteiger partial charge on any atom is 0.306 e. The van der Waals surface area contributed by atoms with E-state index < -0.39 is 12.1 Å². The van der Waals surface area contributed by atoms with Gasteiger partial charge in [-0.05, 0) is 70.6 Å². The summed E-state index contributed by atoms with van der Waals surface area (Å²) >= 11 is 0. The van der Waals surface area contributed by atoms with E-state index in [4.69, 9.17) is 14.2 Å². The van der Waals surface area contributed by atoms with E-state index in [1.807, 2.05) is 6.92 Å². The number of nitrogens with one attached hydrogen (secondary N) is 1. The molecule has 0 rings (SSSR count). The van der Waals surface area contributed by atoms with Crippen LogP contribution in [-0.4, -0.2) is 49.7 Å². The highest BCUT2D eigenvalue weighted by Gasteiger charge is 2.20. The molecule has 54 heavy (non-hydrogen) atoms. The standard InChI is InChI=1S/C46H83NO7/c1-4-7-9-11-13-15-17-19-21-23-25-27-29-31-33-35-44(49)52-40-42(41-53-45(50)38-37-43(48)47-39-6-3)54-46(51)36-34-32-30-28-26-24-22-20-18-16-14-12-10-8-5-2/h19-22,42H,4-18,23-41H2,1-3H3,(H,47,48)/t42-/m0/s1. The third-order valence-electron chi connectivity index (χ3n) is 9.57. The van der Waals surface area contributed by atoms with Crippen LogP contribution in [0.4, 0.5) is 0 Å². The Kier molecular flexibility index (Phi) is 39.5. The van der Waals surface area contributed by atoms with Crippen LogP contribution in [-0.2, 0) is 33.4 Å². The second kappa shape index (κ2) is 41.5. The minimum atomic E-state index is -0.878. The summed E-state index contributed by atoms with van der Waals surface area (Å²) in [5, 5.41) is 2.73. The highest BCUT2D eigenvalue weighted by Crippen LogP contribution is 2.13. The van der Waals surface area contributed by atoms with Gasteiger partial charge >= 0.3 is 17.9 Å². The molecule has 0 aliphatic rings. The first-order chi connectivity index (χ1) is 26.4. The number of carbonyl (C=O) groups excluding carboxylic acids is 4. The van der Waals surface area contributed by atoms with Gasteiger partial charge in [-0.1, -0.05) is 148 Å². The molecule has 314 valence electrons. The molecular formula is C46H83NO7. The molecule has 0 spiro atoms. The Hall–Kier alpha value is -2.64. The number of hydrogen-bond donors (Lipinski definition) is 1. The van der Waals surface area contributed by atoms with Crippen molar-refractivity contribution < 1.29 is 33.4 Å². The zero-order valence-electron chi connectivity index (χ0n) is 35.3. The number of amides is 1. The molecule has 8 heteroatoms. The summed E-state index contributed by atoms with van der Waals surface area (Å²) in [6.07, 6.45) is 40.5. The number of rotatable bonds is 40. The van der Waals surface area contributed by atoms with Crippen molar-refractivity contribution in [1.29, 1.82) is 0 Å². The molecule has 1 amide bonds. The molecule has 0 bridgehead atoms. The Morgan fingerprint density at radius 2 is 0.796 bits per heavy atom. The fourth-order valence-electron chi connectivity index (χ4n) is 6.13. The molecule has 0 saturated carbocycles. The number of allylic oxidation sites excluding steroid dienone is 4. The van der Waals surface area contributed by atoms with Gasteiger partial charge in [-0.15, -0.1) is 0 Å². The largest absolute Gasteiger partial charge is 0.462 e. The Bertz CT molecular complexity index is 947. The quantitative estimate of drug-likeness (QED) is 0.0287. The topological polar surface area (TPSA) is 108 Å². The van der Waals surface area contributed by atoms with E-state index in [1.165, 1.54) is 96.3 Å². The van der Waals surface area contributed by atoms with E-state index in [2.05, 4.69) is 43.5 Å². The lowest BCUT2D eigenvalue weighted by Gasteiger charge is -2.18. The molecule has 0 aliphatic heterocycles. The fourth-order valence-corrected chi connectivity index (χ4v) is 6.13. The number of unbranched alkanes of at least 4 members (excludes halogenated alkanes) is 22. The Morgan fingerprint density at radius 1 is 0.426 bits per heavy atom. The third-order valence-corrected chi connectivity index (χ3v) is 9.57. The van der Waals surface area contributed by atoms with Gasteiger partial charge in [-0.25, -0.2) is 0 Å². The zero-order valence-corrected chi connectivity index (χ0v) is 35.3. The van der Waals surface area contributed by atoms with Crippen molar-refractivity contribution in [3.8, 4) is 0 Å². The van der Waals surface area contributed by atoms with E-state index in [1.54, 1.807) is 0 Å². The van der Waals surface area contributed by atoms with E-state index in [0.717, 1.165) is 77.0 Å². The van der Waals surface area contributed by atoms with Crippen LogP contribution in [0.5, 0.6) is 0 Å². The predicted molar refractivity (Wildman–Crippen MR) is 223 cm³/mol. The molecule has 0 heterocycles. The highest BCUT2D eigenvalue weighted by molar-refractivity contribution is 5.81. The normalized spacial score (nSPS) is 12.0. The smallest absolute Gasteiger partial charge is 0.306 e. The van der Waals surface area contributed by atoms with E-state index in [-0.39, 0.29) is 50.3 Å². The minimum Gasteiger partial charge on any atom is -0.462 e. The van der Waals surface area contributed by atoms with Gasteiger partial charge in [0, 0.05) is 25.8 Å². The van der Waals surface area contributed by atoms with Gasteiger partial charge < -0.3 is 19.5 Å². The summed E-state index contributed by atoms with van der Waals surface area (Å²) in [4.78, 5) is 49.3. The summed E-state index contributed by atoms with van der Waals surface area (Å²) in [6, 6.07) is 0. The number of ether oxygens (including phenoxy) is 3. The van der Waals surface area contributed by atoms with Crippen LogP contribution in [0, 0.1) is 0 Å². The fraction of sp³-hybridized carbons (Fsp3) is 0.826. The first kappa shape index (κ1) is 51.4. The first-order valence-electron chi connectivity index (χ1n) is 22.5. The van der Waals surface area contributed by atoms with Crippen molar-refractivity contribution in [3.05, 3.63) is 24.3 Å². The van der Waals surface area contributed by atoms with E-state index >= 15 is 0 Å². The lowest BCUT2D eigenvalue weighted by Crippen LogP contribution is -2.31. The molecular weight excluding hydrogens is 679 g/mol. The minimum absolute atomic E-state index is 0.0315. The second-order valence-electron chi connectivity index (χ2n) is 15.0. The molecule has 0 aliphatic carbocycles. The van der Waals surface area contributed by atoms with Crippen molar-refractivity contribution in [1.82, 2.24) is 5.32 Å². The Labute approximate surface area is 331 Å². The number of esters is 3. The van der Waals surface area contributed by atoms with Gasteiger partial charge in [0.05, 0.1) is 6.42 Å². The van der Waals surface area contributed by atoms with Gasteiger partial charge in [-0.3, -0.25) is 19.2 Å². The summed E-state index contributed by atoms with van der Waals surface area (Å²) in [5.74, 6) is -1.49. The van der Waals surface area contributed by atoms with Crippen LogP contribution in [0.2, 0.25) is 0 Å². The van der Waals surface area contributed by atoms with Crippen molar-refractivity contribution in [2.45, 2.75) is 226 Å². The molecule has 0 aromatic rings. The molecule has 0 unspecified atom stereocenters. The van der Waals surface area contributed by atoms with Crippen molar-refractivity contribution >= 4 is 23.8 Å². The third kappa shape index (κ3) is 39.1. The van der Waals surface area contributed by atoms with Crippen molar-refractivity contribution in [2.75, 3.05) is 19.8 Å². The number of hydrogen-bond acceptors (Lipinski definition) is 7. The first-order valence-corrected chi connectivity index (χ1v) is 22.5. The summed E-state index contributed by atoms with van der Waals surface area (Å²) in [7, 11) is 0. The lowest BCUT2D eigenvalue weighted by atomic mass is 10.1. The van der Waals surface area contributed by atoms with Crippen LogP contribution >= 0.6 is 0 Å². The molecule has 0 aromatic heterocycles. The molecule has 0 saturated heterocycles. The van der Waals surface area contributed by atoms with Crippen LogP contribution in [0.3, 0.4) is 0 Å². The van der Waals surface area contributed by atoms with Crippen LogP contribution < -0.4 is 5.32 Å². The molecule has 8 nitrogen and oxygen atoms in total. The van der Waals surface area contributed by atoms with Crippen molar-refractivity contribution in [2.24, 2.45) is 0 Å². The molecule has 0 radical (unpaired) electrons. The summed E-state index contributed by atoms with van der Waals surface area (Å²) in [6.45, 7) is 6.65. The van der Waals surface area contributed by atoms with Crippen LogP contribution in [0.1, 0.15) is 220 Å². The van der Waals surface area contributed by atoms with Gasteiger partial charge in [0.1, 0.15) is 13.2 Å². The van der Waals surface area contributed by atoms with Gasteiger partial charge in [0.25, 0.3) is 0 Å². The molecule has 0 fully saturated rings. The van der Waals surface area contributed by atoms with E-state index in [9.17, 15) is 19.2 Å². The Balaban J connectivity index is 4.32. The molecule has 0 aromatic carbocycles. The Morgan fingerprint density at radius 3 is 1.22 bits per heavy atom. The maximum absolute atomic E-state index is 12.7. The van der Waals surface area contributed by atoms with Crippen LogP contribution in [0.25, 0.3) is 0 Å². The second-order valence-corrected chi connectivity index (χ2v) is 15.0. The van der Waals surface area contributed by atoms with Gasteiger partial charge in [0.15, 0.2) is 6.10 Å². The summed E-state index contributed by atoms with van der Waals surface area (Å²) < 4.78 is 16.4. The maximum atomic E-state index is 12.7. The van der Waals surface area contributed by atoms with Crippen LogP contribution in [0.15, 0.2) is 24.3 Å². The summed E-state index contributed by atoms with van der Waals surface area (Å²) in [5.41, 5.74) is 0. The SMILES string of the molecule is CCCCCCCCC=CCCCCCCCC(=O)OC[C@@H](COC(=O)CCC(=O)NCCC)OC(=O)CCCCCCCC=CCCCCCCCC. The zero-order chi connectivity index (χ0) is 39.6. The van der Waals surface area contributed by atoms with E-state index in [0.29, 0.717) is 13.0 Å². The lowest BCUT2D eigenvalue weighted by molar-refractivity contribution is -0.167. The van der Waals surface area contributed by atoms with Gasteiger partial charge in [0.2, 0.25) is 5.91 Å². The average Bonchev–Trinajstić information content (AvgIpc) is 3.17. The molecule has 1 N–H and O–H groups in total. The van der Waals surface area contributed by atoms with Crippen molar-refractivity contribution in [3.63, 3.8) is 0 Å². The highest BCUT2D eigenvalue weighted by atomic mass is 16.6.